The van der Waals surface area contributed by atoms with E-state index in [1.807, 2.05) is 12.1 Å². The lowest BCUT2D eigenvalue weighted by Gasteiger charge is -2.33. The minimum absolute atomic E-state index is 0.304. The Morgan fingerprint density at radius 2 is 2.23 bits per heavy atom. The Kier molecular flexibility index (Phi) is 5.80. The van der Waals surface area contributed by atoms with Gasteiger partial charge in [-0.2, -0.15) is 8.42 Å². The summed E-state index contributed by atoms with van der Waals surface area (Å²) in [6.45, 7) is 5.24. The molecule has 0 amide bonds. The number of hydrogen-bond donors (Lipinski definition) is 2. The SMILES string of the molecule is COc1cccc(CN2CCCC(CNS(N)(=O)=O)C2)c1C. The van der Waals surface area contributed by atoms with Gasteiger partial charge in [0.1, 0.15) is 5.75 Å². The fourth-order valence-corrected chi connectivity index (χ4v) is 3.46. The predicted octanol–water partition coefficient (Wildman–Crippen LogP) is 1.01. The van der Waals surface area contributed by atoms with E-state index in [1.54, 1.807) is 7.11 Å². The molecule has 1 atom stereocenters. The molecule has 1 aromatic rings. The third-order valence-electron chi connectivity index (χ3n) is 4.19. The average Bonchev–Trinajstić information content (AvgIpc) is 2.47. The minimum Gasteiger partial charge on any atom is -0.496 e. The monoisotopic (exact) mass is 327 g/mol. The molecule has 6 nitrogen and oxygen atoms in total. The maximum absolute atomic E-state index is 11.0. The summed E-state index contributed by atoms with van der Waals surface area (Å²) in [7, 11) is -1.92. The number of nitrogens with two attached hydrogens (primary N) is 1. The van der Waals surface area contributed by atoms with Crippen molar-refractivity contribution in [2.45, 2.75) is 26.3 Å². The molecule has 1 aliphatic rings. The summed E-state index contributed by atoms with van der Waals surface area (Å²) in [5.41, 5.74) is 2.41. The molecular weight excluding hydrogens is 302 g/mol. The topological polar surface area (TPSA) is 84.7 Å². The van der Waals surface area contributed by atoms with E-state index in [1.165, 1.54) is 5.56 Å². The molecule has 0 radical (unpaired) electrons. The highest BCUT2D eigenvalue weighted by Crippen LogP contribution is 2.24. The van der Waals surface area contributed by atoms with Crippen LogP contribution < -0.4 is 14.6 Å². The molecule has 0 bridgehead atoms. The quantitative estimate of drug-likeness (QED) is 0.816. The molecule has 0 aliphatic carbocycles. The van der Waals surface area contributed by atoms with Crippen molar-refractivity contribution in [3.05, 3.63) is 29.3 Å². The first-order chi connectivity index (χ1) is 10.4. The lowest BCUT2D eigenvalue weighted by atomic mass is 9.97. The highest BCUT2D eigenvalue weighted by atomic mass is 32.2. The summed E-state index contributed by atoms with van der Waals surface area (Å²) in [5.74, 6) is 1.21. The Balaban J connectivity index is 1.96. The summed E-state index contributed by atoms with van der Waals surface area (Å²) < 4.78 is 29.8. The van der Waals surface area contributed by atoms with Crippen LogP contribution in [0.3, 0.4) is 0 Å². The van der Waals surface area contributed by atoms with E-state index in [4.69, 9.17) is 9.88 Å². The molecule has 3 N–H and O–H groups in total. The standard InChI is InChI=1S/C15H25N3O3S/c1-12-14(6-3-7-15(12)21-2)11-18-8-4-5-13(10-18)9-17-22(16,19)20/h3,6-7,13,17H,4-5,8-11H2,1-2H3,(H2,16,19,20). The van der Waals surface area contributed by atoms with E-state index in [0.29, 0.717) is 12.5 Å². The second kappa shape index (κ2) is 7.41. The van der Waals surface area contributed by atoms with Gasteiger partial charge in [-0.15, -0.1) is 0 Å². The number of benzene rings is 1. The molecule has 1 fully saturated rings. The summed E-state index contributed by atoms with van der Waals surface area (Å²) in [4.78, 5) is 2.36. The van der Waals surface area contributed by atoms with E-state index in [9.17, 15) is 8.42 Å². The van der Waals surface area contributed by atoms with Crippen molar-refractivity contribution >= 4 is 10.2 Å². The van der Waals surface area contributed by atoms with Crippen LogP contribution in [-0.2, 0) is 16.8 Å². The first kappa shape index (κ1) is 17.2. The van der Waals surface area contributed by atoms with Crippen LogP contribution in [0.2, 0.25) is 0 Å². The molecular formula is C15H25N3O3S. The van der Waals surface area contributed by atoms with E-state index in [-0.39, 0.29) is 0 Å². The molecule has 1 heterocycles. The van der Waals surface area contributed by atoms with Gasteiger partial charge < -0.3 is 4.74 Å². The van der Waals surface area contributed by atoms with Crippen LogP contribution in [0.15, 0.2) is 18.2 Å². The zero-order valence-corrected chi connectivity index (χ0v) is 14.0. The smallest absolute Gasteiger partial charge is 0.274 e. The van der Waals surface area contributed by atoms with Crippen molar-refractivity contribution in [2.75, 3.05) is 26.7 Å². The number of nitrogens with one attached hydrogen (secondary N) is 1. The molecule has 0 spiro atoms. The molecule has 0 saturated carbocycles. The second-order valence-electron chi connectivity index (χ2n) is 5.88. The number of piperidine rings is 1. The van der Waals surface area contributed by atoms with Crippen LogP contribution in [0, 0.1) is 12.8 Å². The number of ether oxygens (including phenoxy) is 1. The number of likely N-dealkylation sites (tertiary alicyclic amines) is 1. The van der Waals surface area contributed by atoms with E-state index in [0.717, 1.165) is 43.8 Å². The third kappa shape index (κ3) is 4.95. The van der Waals surface area contributed by atoms with Crippen molar-refractivity contribution in [2.24, 2.45) is 11.1 Å². The van der Waals surface area contributed by atoms with Gasteiger partial charge in [0.15, 0.2) is 0 Å². The molecule has 124 valence electrons. The number of nitrogens with zero attached hydrogens (tertiary/aromatic N) is 1. The van der Waals surface area contributed by atoms with E-state index in [2.05, 4.69) is 22.6 Å². The van der Waals surface area contributed by atoms with Crippen molar-refractivity contribution in [1.29, 1.82) is 0 Å². The Labute approximate surface area is 132 Å². The molecule has 2 rings (SSSR count). The van der Waals surface area contributed by atoms with Crippen LogP contribution in [0.5, 0.6) is 5.75 Å². The first-order valence-corrected chi connectivity index (χ1v) is 9.06. The zero-order chi connectivity index (χ0) is 16.2. The second-order valence-corrected chi connectivity index (χ2v) is 7.26. The molecule has 7 heteroatoms. The predicted molar refractivity (Wildman–Crippen MR) is 86.8 cm³/mol. The van der Waals surface area contributed by atoms with E-state index < -0.39 is 10.2 Å². The van der Waals surface area contributed by atoms with Crippen molar-refractivity contribution in [3.63, 3.8) is 0 Å². The molecule has 0 aromatic heterocycles. The van der Waals surface area contributed by atoms with Gasteiger partial charge in [-0.3, -0.25) is 4.90 Å². The van der Waals surface area contributed by atoms with Gasteiger partial charge in [0.2, 0.25) is 0 Å². The van der Waals surface area contributed by atoms with Gasteiger partial charge in [-0.1, -0.05) is 12.1 Å². The molecule has 22 heavy (non-hydrogen) atoms. The Morgan fingerprint density at radius 3 is 2.91 bits per heavy atom. The van der Waals surface area contributed by atoms with Gasteiger partial charge in [0.05, 0.1) is 7.11 Å². The summed E-state index contributed by atoms with van der Waals surface area (Å²) in [6, 6.07) is 6.09. The van der Waals surface area contributed by atoms with Gasteiger partial charge >= 0.3 is 0 Å². The highest BCUT2D eigenvalue weighted by molar-refractivity contribution is 7.87. The van der Waals surface area contributed by atoms with Crippen LogP contribution in [-0.4, -0.2) is 40.1 Å². The van der Waals surface area contributed by atoms with Crippen LogP contribution >= 0.6 is 0 Å². The lowest BCUT2D eigenvalue weighted by molar-refractivity contribution is 0.168. The Bertz CT molecular complexity index is 604. The van der Waals surface area contributed by atoms with Gasteiger partial charge in [-0.25, -0.2) is 9.86 Å². The summed E-state index contributed by atoms with van der Waals surface area (Å²) in [5, 5.41) is 5.00. The van der Waals surface area contributed by atoms with E-state index >= 15 is 0 Å². The fraction of sp³-hybridized carbons (Fsp3) is 0.600. The largest absolute Gasteiger partial charge is 0.496 e. The Morgan fingerprint density at radius 1 is 1.45 bits per heavy atom. The van der Waals surface area contributed by atoms with Crippen molar-refractivity contribution < 1.29 is 13.2 Å². The van der Waals surface area contributed by atoms with Crippen LogP contribution in [0.4, 0.5) is 0 Å². The maximum atomic E-state index is 11.0. The van der Waals surface area contributed by atoms with Gasteiger partial charge in [0.25, 0.3) is 10.2 Å². The number of hydrogen-bond acceptors (Lipinski definition) is 4. The first-order valence-electron chi connectivity index (χ1n) is 7.51. The average molecular weight is 327 g/mol. The van der Waals surface area contributed by atoms with Crippen molar-refractivity contribution in [1.82, 2.24) is 9.62 Å². The summed E-state index contributed by atoms with van der Waals surface area (Å²) in [6.07, 6.45) is 2.09. The number of rotatable bonds is 6. The maximum Gasteiger partial charge on any atom is 0.274 e. The Hall–Kier alpha value is -1.15. The lowest BCUT2D eigenvalue weighted by Crippen LogP contribution is -2.42. The number of methoxy groups -OCH3 is 1. The highest BCUT2D eigenvalue weighted by Gasteiger charge is 2.21. The molecule has 1 saturated heterocycles. The third-order valence-corrected chi connectivity index (χ3v) is 4.76. The van der Waals surface area contributed by atoms with Crippen molar-refractivity contribution in [3.8, 4) is 5.75 Å². The fourth-order valence-electron chi connectivity index (χ4n) is 2.99. The summed E-state index contributed by atoms with van der Waals surface area (Å²) >= 11 is 0. The normalized spacial score (nSPS) is 20.0. The zero-order valence-electron chi connectivity index (χ0n) is 13.2. The molecule has 1 aliphatic heterocycles. The molecule has 1 unspecified atom stereocenters. The molecule has 1 aromatic carbocycles. The minimum atomic E-state index is -3.60. The van der Waals surface area contributed by atoms with Gasteiger partial charge in [-0.05, 0) is 49.4 Å². The van der Waals surface area contributed by atoms with Crippen LogP contribution in [0.25, 0.3) is 0 Å². The van der Waals surface area contributed by atoms with Crippen LogP contribution in [0.1, 0.15) is 24.0 Å². The van der Waals surface area contributed by atoms with Gasteiger partial charge in [0, 0.05) is 19.6 Å².